The third-order valence-corrected chi connectivity index (χ3v) is 3.21. The first kappa shape index (κ1) is 13.7. The van der Waals surface area contributed by atoms with Crippen LogP contribution < -0.4 is 10.6 Å². The van der Waals surface area contributed by atoms with Crippen molar-refractivity contribution in [3.63, 3.8) is 0 Å². The second-order valence-electron chi connectivity index (χ2n) is 4.82. The molecule has 1 saturated carbocycles. The van der Waals surface area contributed by atoms with Crippen LogP contribution in [-0.2, 0) is 0 Å². The molecule has 2 rings (SSSR count). The van der Waals surface area contributed by atoms with Gasteiger partial charge in [-0.3, -0.25) is 0 Å². The van der Waals surface area contributed by atoms with Gasteiger partial charge in [0.25, 0.3) is 0 Å². The molecule has 2 amide bonds. The van der Waals surface area contributed by atoms with Crippen LogP contribution in [0.25, 0.3) is 0 Å². The Morgan fingerprint density at radius 1 is 1.47 bits per heavy atom. The molecule has 0 radical (unpaired) electrons. The van der Waals surface area contributed by atoms with Crippen LogP contribution in [0.5, 0.6) is 0 Å². The summed E-state index contributed by atoms with van der Waals surface area (Å²) in [4.78, 5) is 11.4. The molecule has 0 aromatic heterocycles. The molecule has 1 aromatic carbocycles. The summed E-state index contributed by atoms with van der Waals surface area (Å²) < 4.78 is 26.7. The van der Waals surface area contributed by atoms with Crippen LogP contribution >= 0.6 is 0 Å². The molecular weight excluding hydrogens is 254 g/mol. The van der Waals surface area contributed by atoms with Gasteiger partial charge in [-0.15, -0.1) is 0 Å². The van der Waals surface area contributed by atoms with Crippen molar-refractivity contribution in [1.29, 1.82) is 0 Å². The molecule has 0 spiro atoms. The van der Waals surface area contributed by atoms with Gasteiger partial charge in [0, 0.05) is 12.6 Å². The maximum atomic E-state index is 13.4. The van der Waals surface area contributed by atoms with Crippen LogP contribution in [0.2, 0.25) is 0 Å². The summed E-state index contributed by atoms with van der Waals surface area (Å²) in [6.45, 7) is 1.76. The predicted molar refractivity (Wildman–Crippen MR) is 65.4 cm³/mol. The van der Waals surface area contributed by atoms with Crippen molar-refractivity contribution in [3.05, 3.63) is 35.4 Å². The van der Waals surface area contributed by atoms with Crippen molar-refractivity contribution in [2.75, 3.05) is 6.54 Å². The standard InChI is InChI=1S/C13H16F2N2O2/c1-7-5-10(7)17-13(19)16-6-11(18)12-8(14)3-2-4-9(12)15/h2-4,7,10-11,18H,5-6H2,1H3,(H2,16,17,19). The van der Waals surface area contributed by atoms with Crippen LogP contribution in [0.15, 0.2) is 18.2 Å². The molecule has 0 aliphatic heterocycles. The normalized spacial score (nSPS) is 22.7. The van der Waals surface area contributed by atoms with Gasteiger partial charge in [0.1, 0.15) is 17.7 Å². The van der Waals surface area contributed by atoms with Crippen molar-refractivity contribution in [2.24, 2.45) is 5.92 Å². The molecule has 1 aliphatic carbocycles. The number of urea groups is 1. The lowest BCUT2D eigenvalue weighted by Gasteiger charge is -2.14. The van der Waals surface area contributed by atoms with Crippen LogP contribution in [0.1, 0.15) is 25.0 Å². The fourth-order valence-electron chi connectivity index (χ4n) is 1.86. The highest BCUT2D eigenvalue weighted by atomic mass is 19.1. The van der Waals surface area contributed by atoms with Gasteiger partial charge in [-0.1, -0.05) is 13.0 Å². The smallest absolute Gasteiger partial charge is 0.315 e. The highest BCUT2D eigenvalue weighted by Crippen LogP contribution is 2.28. The first-order valence-electron chi connectivity index (χ1n) is 6.15. The van der Waals surface area contributed by atoms with E-state index in [0.29, 0.717) is 5.92 Å². The van der Waals surface area contributed by atoms with Gasteiger partial charge >= 0.3 is 6.03 Å². The maximum Gasteiger partial charge on any atom is 0.315 e. The predicted octanol–water partition coefficient (Wildman–Crippen LogP) is 1.71. The van der Waals surface area contributed by atoms with E-state index < -0.39 is 29.3 Å². The van der Waals surface area contributed by atoms with Gasteiger partial charge in [0.05, 0.1) is 5.56 Å². The Balaban J connectivity index is 1.87. The Morgan fingerprint density at radius 3 is 2.58 bits per heavy atom. The number of nitrogens with one attached hydrogen (secondary N) is 2. The van der Waals surface area contributed by atoms with E-state index in [-0.39, 0.29) is 12.6 Å². The molecule has 1 fully saturated rings. The lowest BCUT2D eigenvalue weighted by molar-refractivity contribution is 0.164. The molecular formula is C13H16F2N2O2. The third kappa shape index (κ3) is 3.41. The zero-order valence-electron chi connectivity index (χ0n) is 10.5. The number of carbonyl (C=O) groups excluding carboxylic acids is 1. The highest BCUT2D eigenvalue weighted by Gasteiger charge is 2.33. The monoisotopic (exact) mass is 270 g/mol. The van der Waals surface area contributed by atoms with Gasteiger partial charge in [-0.2, -0.15) is 0 Å². The second kappa shape index (κ2) is 5.52. The molecule has 104 valence electrons. The van der Waals surface area contributed by atoms with E-state index in [4.69, 9.17) is 0 Å². The van der Waals surface area contributed by atoms with Crippen LogP contribution in [0, 0.1) is 17.6 Å². The van der Waals surface area contributed by atoms with Crippen LogP contribution in [-0.4, -0.2) is 23.7 Å². The molecule has 3 N–H and O–H groups in total. The fourth-order valence-corrected chi connectivity index (χ4v) is 1.86. The fraction of sp³-hybridized carbons (Fsp3) is 0.462. The average Bonchev–Trinajstić information content (AvgIpc) is 3.02. The van der Waals surface area contributed by atoms with Gasteiger partial charge < -0.3 is 15.7 Å². The third-order valence-electron chi connectivity index (χ3n) is 3.21. The summed E-state index contributed by atoms with van der Waals surface area (Å²) in [5, 5.41) is 14.8. The molecule has 19 heavy (non-hydrogen) atoms. The van der Waals surface area contributed by atoms with Gasteiger partial charge in [0.2, 0.25) is 0 Å². The minimum Gasteiger partial charge on any atom is -0.386 e. The maximum absolute atomic E-state index is 13.4. The summed E-state index contributed by atoms with van der Waals surface area (Å²) in [6.07, 6.45) is -0.485. The largest absolute Gasteiger partial charge is 0.386 e. The topological polar surface area (TPSA) is 61.4 Å². The molecule has 3 unspecified atom stereocenters. The van der Waals surface area contributed by atoms with Gasteiger partial charge in [0.15, 0.2) is 0 Å². The Labute approximate surface area is 109 Å². The van der Waals surface area contributed by atoms with E-state index >= 15 is 0 Å². The van der Waals surface area contributed by atoms with Crippen LogP contribution in [0.3, 0.4) is 0 Å². The van der Waals surface area contributed by atoms with E-state index in [1.807, 2.05) is 6.92 Å². The Morgan fingerprint density at radius 2 is 2.05 bits per heavy atom. The summed E-state index contributed by atoms with van der Waals surface area (Å²) in [5.41, 5.74) is -0.428. The molecule has 4 nitrogen and oxygen atoms in total. The van der Waals surface area contributed by atoms with Gasteiger partial charge in [-0.25, -0.2) is 13.6 Å². The second-order valence-corrected chi connectivity index (χ2v) is 4.82. The van der Waals surface area contributed by atoms with Crippen molar-refractivity contribution in [1.82, 2.24) is 10.6 Å². The SMILES string of the molecule is CC1CC1NC(=O)NCC(O)c1c(F)cccc1F. The molecule has 1 aromatic rings. The number of aliphatic hydroxyl groups excluding tert-OH is 1. The van der Waals surface area contributed by atoms with Crippen molar-refractivity contribution in [2.45, 2.75) is 25.5 Å². The number of hydrogen-bond donors (Lipinski definition) is 3. The Kier molecular flexibility index (Phi) is 3.99. The van der Waals surface area contributed by atoms with Gasteiger partial charge in [-0.05, 0) is 24.5 Å². The molecule has 0 heterocycles. The Bertz CT molecular complexity index is 461. The zero-order chi connectivity index (χ0) is 14.0. The van der Waals surface area contributed by atoms with E-state index in [0.717, 1.165) is 18.6 Å². The number of amides is 2. The van der Waals surface area contributed by atoms with Crippen LogP contribution in [0.4, 0.5) is 13.6 Å². The summed E-state index contributed by atoms with van der Waals surface area (Å²) in [7, 11) is 0. The molecule has 0 bridgehead atoms. The molecule has 3 atom stereocenters. The minimum absolute atomic E-state index is 0.155. The van der Waals surface area contributed by atoms with E-state index in [1.54, 1.807) is 0 Å². The van der Waals surface area contributed by atoms with E-state index in [9.17, 15) is 18.7 Å². The number of halogens is 2. The Hall–Kier alpha value is -1.69. The summed E-state index contributed by atoms with van der Waals surface area (Å²) in [5.74, 6) is -1.20. The molecule has 1 aliphatic rings. The average molecular weight is 270 g/mol. The quantitative estimate of drug-likeness (QED) is 0.780. The van der Waals surface area contributed by atoms with Crippen molar-refractivity contribution >= 4 is 6.03 Å². The zero-order valence-corrected chi connectivity index (χ0v) is 10.5. The lowest BCUT2D eigenvalue weighted by atomic mass is 10.1. The first-order chi connectivity index (χ1) is 8.99. The molecule has 0 saturated heterocycles. The van der Waals surface area contributed by atoms with E-state index in [1.165, 1.54) is 6.07 Å². The number of benzene rings is 1. The van der Waals surface area contributed by atoms with E-state index in [2.05, 4.69) is 10.6 Å². The van der Waals surface area contributed by atoms with Crippen molar-refractivity contribution < 1.29 is 18.7 Å². The number of aliphatic hydroxyl groups is 1. The summed E-state index contributed by atoms with van der Waals surface area (Å²) >= 11 is 0. The highest BCUT2D eigenvalue weighted by molar-refractivity contribution is 5.74. The lowest BCUT2D eigenvalue weighted by Crippen LogP contribution is -2.39. The summed E-state index contributed by atoms with van der Waals surface area (Å²) in [6, 6.07) is 3.06. The minimum atomic E-state index is -1.41. The molecule has 6 heteroatoms. The van der Waals surface area contributed by atoms with Crippen molar-refractivity contribution in [3.8, 4) is 0 Å². The number of carbonyl (C=O) groups is 1. The number of hydrogen-bond acceptors (Lipinski definition) is 2. The number of rotatable bonds is 4. The first-order valence-corrected chi connectivity index (χ1v) is 6.15.